The molecule has 1 heterocycles. The highest BCUT2D eigenvalue weighted by Crippen LogP contribution is 2.47. The highest BCUT2D eigenvalue weighted by Gasteiger charge is 2.16. The van der Waals surface area contributed by atoms with Crippen molar-refractivity contribution in [1.82, 2.24) is 0 Å². The molecule has 0 bridgehead atoms. The van der Waals surface area contributed by atoms with E-state index in [2.05, 4.69) is 0 Å². The van der Waals surface area contributed by atoms with Gasteiger partial charge in [0.1, 0.15) is 18.1 Å². The minimum Gasteiger partial charge on any atom is -0.506 e. The van der Waals surface area contributed by atoms with Crippen LogP contribution in [0.25, 0.3) is 20.5 Å². The Morgan fingerprint density at radius 3 is 2.25 bits per heavy atom. The predicted octanol–water partition coefficient (Wildman–Crippen LogP) is 5.85. The van der Waals surface area contributed by atoms with Gasteiger partial charge in [-0.1, -0.05) is 66.7 Å². The Hall–Kier alpha value is -2.78. The van der Waals surface area contributed by atoms with Crippen LogP contribution in [0.5, 0.6) is 11.5 Å². The molecule has 0 aliphatic rings. The largest absolute Gasteiger partial charge is 0.506 e. The fraction of sp³-hybridized carbons (Fsp3) is 0.0476. The first-order chi connectivity index (χ1) is 11.8. The Labute approximate surface area is 144 Å². The van der Waals surface area contributed by atoms with E-state index in [-0.39, 0.29) is 0 Å². The second-order valence-corrected chi connectivity index (χ2v) is 6.60. The second-order valence-electron chi connectivity index (χ2n) is 5.55. The van der Waals surface area contributed by atoms with E-state index in [1.54, 1.807) is 11.3 Å². The van der Waals surface area contributed by atoms with Crippen molar-refractivity contribution in [2.24, 2.45) is 0 Å². The molecule has 0 atom stereocenters. The minimum atomic E-state index is 0.296. The molecule has 24 heavy (non-hydrogen) atoms. The highest BCUT2D eigenvalue weighted by atomic mass is 32.1. The van der Waals surface area contributed by atoms with E-state index >= 15 is 0 Å². The first-order valence-electron chi connectivity index (χ1n) is 7.79. The molecule has 2 nitrogen and oxygen atoms in total. The lowest BCUT2D eigenvalue weighted by Gasteiger charge is -2.08. The van der Waals surface area contributed by atoms with Gasteiger partial charge in [0.2, 0.25) is 0 Å². The van der Waals surface area contributed by atoms with Crippen molar-refractivity contribution in [2.45, 2.75) is 6.61 Å². The average molecular weight is 332 g/mol. The van der Waals surface area contributed by atoms with Gasteiger partial charge in [0.25, 0.3) is 0 Å². The summed E-state index contributed by atoms with van der Waals surface area (Å²) >= 11 is 1.58. The quantitative estimate of drug-likeness (QED) is 0.508. The van der Waals surface area contributed by atoms with Gasteiger partial charge in [-0.15, -0.1) is 11.3 Å². The van der Waals surface area contributed by atoms with E-state index in [1.807, 2.05) is 78.9 Å². The van der Waals surface area contributed by atoms with Crippen molar-refractivity contribution >= 4 is 21.4 Å². The molecular formula is C21H16O2S. The third-order valence-corrected chi connectivity index (χ3v) is 5.12. The molecule has 0 fully saturated rings. The van der Waals surface area contributed by atoms with Crippen LogP contribution >= 0.6 is 11.3 Å². The summed E-state index contributed by atoms with van der Waals surface area (Å²) in [6, 6.07) is 25.9. The van der Waals surface area contributed by atoms with Gasteiger partial charge in [-0.3, -0.25) is 0 Å². The number of hydrogen-bond acceptors (Lipinski definition) is 3. The molecular weight excluding hydrogens is 316 g/mol. The standard InChI is InChI=1S/C21H16O2S/c22-20-19-17(23-14-15-8-3-1-4-9-15)12-7-13-18(19)24-21(20)16-10-5-2-6-11-16/h1-13,22H,14H2. The van der Waals surface area contributed by atoms with Crippen LogP contribution in [0.3, 0.4) is 0 Å². The molecule has 0 aliphatic heterocycles. The molecule has 0 saturated carbocycles. The third-order valence-electron chi connectivity index (χ3n) is 3.93. The number of fused-ring (bicyclic) bond motifs is 1. The first-order valence-corrected chi connectivity index (χ1v) is 8.61. The van der Waals surface area contributed by atoms with Crippen LogP contribution in [0.2, 0.25) is 0 Å². The Balaban J connectivity index is 1.73. The lowest BCUT2D eigenvalue weighted by atomic mass is 10.1. The van der Waals surface area contributed by atoms with E-state index in [4.69, 9.17) is 4.74 Å². The number of thiophene rings is 1. The van der Waals surface area contributed by atoms with Crippen LogP contribution in [0.1, 0.15) is 5.56 Å². The number of ether oxygens (including phenoxy) is 1. The van der Waals surface area contributed by atoms with Gasteiger partial charge in [-0.25, -0.2) is 0 Å². The summed E-state index contributed by atoms with van der Waals surface area (Å²) in [4.78, 5) is 0.876. The van der Waals surface area contributed by atoms with Crippen molar-refractivity contribution in [3.63, 3.8) is 0 Å². The summed E-state index contributed by atoms with van der Waals surface area (Å²) in [5.74, 6) is 1.01. The van der Waals surface area contributed by atoms with E-state index < -0.39 is 0 Å². The topological polar surface area (TPSA) is 29.5 Å². The fourth-order valence-electron chi connectivity index (χ4n) is 2.74. The maximum atomic E-state index is 10.8. The van der Waals surface area contributed by atoms with Crippen molar-refractivity contribution in [2.75, 3.05) is 0 Å². The molecule has 0 spiro atoms. The summed E-state index contributed by atoms with van der Waals surface area (Å²) in [5, 5.41) is 11.5. The molecule has 4 rings (SSSR count). The SMILES string of the molecule is Oc1c(-c2ccccc2)sc2cccc(OCc3ccccc3)c12. The zero-order chi connectivity index (χ0) is 16.4. The van der Waals surface area contributed by atoms with Crippen molar-refractivity contribution in [3.8, 4) is 21.9 Å². The number of rotatable bonds is 4. The summed E-state index contributed by atoms with van der Waals surface area (Å²) in [6.45, 7) is 0.482. The van der Waals surface area contributed by atoms with Crippen molar-refractivity contribution in [3.05, 3.63) is 84.4 Å². The lowest BCUT2D eigenvalue weighted by Crippen LogP contribution is -1.95. The number of benzene rings is 3. The minimum absolute atomic E-state index is 0.296. The molecule has 3 heteroatoms. The van der Waals surface area contributed by atoms with Crippen LogP contribution in [0.4, 0.5) is 0 Å². The Morgan fingerprint density at radius 1 is 0.792 bits per heavy atom. The number of hydrogen-bond donors (Lipinski definition) is 1. The first kappa shape index (κ1) is 14.8. The average Bonchev–Trinajstić information content (AvgIpc) is 2.99. The van der Waals surface area contributed by atoms with Gasteiger partial charge in [-0.05, 0) is 23.3 Å². The molecule has 0 amide bonds. The Bertz CT molecular complexity index is 959. The maximum absolute atomic E-state index is 10.8. The van der Waals surface area contributed by atoms with Crippen molar-refractivity contribution in [1.29, 1.82) is 0 Å². The van der Waals surface area contributed by atoms with Crippen LogP contribution in [-0.2, 0) is 6.61 Å². The van der Waals surface area contributed by atoms with E-state index in [0.29, 0.717) is 18.1 Å². The van der Waals surface area contributed by atoms with Gasteiger partial charge < -0.3 is 9.84 Å². The fourth-order valence-corrected chi connectivity index (χ4v) is 3.86. The van der Waals surface area contributed by atoms with Gasteiger partial charge in [0.05, 0.1) is 10.3 Å². The summed E-state index contributed by atoms with van der Waals surface area (Å²) in [7, 11) is 0. The molecule has 0 unspecified atom stereocenters. The number of aromatic hydroxyl groups is 1. The van der Waals surface area contributed by atoms with E-state index in [1.165, 1.54) is 0 Å². The van der Waals surface area contributed by atoms with Gasteiger partial charge in [0.15, 0.2) is 0 Å². The van der Waals surface area contributed by atoms with Crippen LogP contribution < -0.4 is 4.74 Å². The molecule has 1 N–H and O–H groups in total. The summed E-state index contributed by atoms with van der Waals surface area (Å²) in [5.41, 5.74) is 2.12. The molecule has 1 aromatic heterocycles. The third kappa shape index (κ3) is 2.74. The molecule has 0 aliphatic carbocycles. The van der Waals surface area contributed by atoms with Gasteiger partial charge >= 0.3 is 0 Å². The van der Waals surface area contributed by atoms with Crippen molar-refractivity contribution < 1.29 is 9.84 Å². The Kier molecular flexibility index (Phi) is 3.93. The van der Waals surface area contributed by atoms with Gasteiger partial charge in [-0.2, -0.15) is 0 Å². The lowest BCUT2D eigenvalue weighted by molar-refractivity contribution is 0.309. The van der Waals surface area contributed by atoms with Crippen LogP contribution in [0.15, 0.2) is 78.9 Å². The van der Waals surface area contributed by atoms with E-state index in [0.717, 1.165) is 26.1 Å². The highest BCUT2D eigenvalue weighted by molar-refractivity contribution is 7.22. The molecule has 4 aromatic rings. The normalized spacial score (nSPS) is 10.8. The molecule has 0 radical (unpaired) electrons. The predicted molar refractivity (Wildman–Crippen MR) is 99.7 cm³/mol. The van der Waals surface area contributed by atoms with Crippen LogP contribution in [0, 0.1) is 0 Å². The monoisotopic (exact) mass is 332 g/mol. The van der Waals surface area contributed by atoms with Crippen LogP contribution in [-0.4, -0.2) is 5.11 Å². The Morgan fingerprint density at radius 2 is 1.50 bits per heavy atom. The summed E-state index contributed by atoms with van der Waals surface area (Å²) in [6.07, 6.45) is 0. The van der Waals surface area contributed by atoms with Gasteiger partial charge in [0, 0.05) is 4.70 Å². The second kappa shape index (κ2) is 6.38. The summed E-state index contributed by atoms with van der Waals surface area (Å²) < 4.78 is 7.01. The smallest absolute Gasteiger partial charge is 0.145 e. The maximum Gasteiger partial charge on any atom is 0.145 e. The zero-order valence-corrected chi connectivity index (χ0v) is 13.8. The molecule has 0 saturated heterocycles. The molecule has 3 aromatic carbocycles. The molecule has 118 valence electrons. The van der Waals surface area contributed by atoms with E-state index in [9.17, 15) is 5.11 Å². The zero-order valence-electron chi connectivity index (χ0n) is 13.0.